The van der Waals surface area contributed by atoms with Gasteiger partial charge in [0.1, 0.15) is 5.82 Å². The lowest BCUT2D eigenvalue weighted by Gasteiger charge is -2.24. The highest BCUT2D eigenvalue weighted by Gasteiger charge is 2.35. The summed E-state index contributed by atoms with van der Waals surface area (Å²) in [6.07, 6.45) is 5.75. The molecule has 0 aliphatic carbocycles. The number of halogens is 1. The van der Waals surface area contributed by atoms with E-state index in [-0.39, 0.29) is 11.7 Å². The van der Waals surface area contributed by atoms with E-state index in [0.717, 1.165) is 25.2 Å². The van der Waals surface area contributed by atoms with Gasteiger partial charge >= 0.3 is 0 Å². The molecule has 2 aliphatic rings. The highest BCUT2D eigenvalue weighted by molar-refractivity contribution is 5.92. The molecule has 1 aromatic rings. The minimum absolute atomic E-state index is 0.0468. The molecule has 2 unspecified atom stereocenters. The van der Waals surface area contributed by atoms with Gasteiger partial charge in [-0.05, 0) is 49.1 Å². The van der Waals surface area contributed by atoms with Gasteiger partial charge in [0.15, 0.2) is 0 Å². The fraction of sp³-hybridized carbons (Fsp3) is 0.438. The van der Waals surface area contributed by atoms with Gasteiger partial charge in [0.25, 0.3) is 0 Å². The number of hydrogen-bond donors (Lipinski definition) is 1. The second-order valence-corrected chi connectivity index (χ2v) is 5.59. The van der Waals surface area contributed by atoms with Crippen molar-refractivity contribution in [2.24, 2.45) is 5.92 Å². The van der Waals surface area contributed by atoms with E-state index in [4.69, 9.17) is 0 Å². The van der Waals surface area contributed by atoms with E-state index in [1.54, 1.807) is 24.3 Å². The van der Waals surface area contributed by atoms with Crippen LogP contribution in [0.15, 0.2) is 30.3 Å². The summed E-state index contributed by atoms with van der Waals surface area (Å²) >= 11 is 0. The van der Waals surface area contributed by atoms with Gasteiger partial charge in [-0.2, -0.15) is 0 Å². The quantitative estimate of drug-likeness (QED) is 0.837. The molecule has 0 bridgehead atoms. The van der Waals surface area contributed by atoms with Crippen LogP contribution in [0.3, 0.4) is 0 Å². The van der Waals surface area contributed by atoms with Crippen molar-refractivity contribution in [1.82, 2.24) is 10.2 Å². The molecule has 3 nitrogen and oxygen atoms in total. The summed E-state index contributed by atoms with van der Waals surface area (Å²) in [4.78, 5) is 14.1. The predicted molar refractivity (Wildman–Crippen MR) is 76.5 cm³/mol. The van der Waals surface area contributed by atoms with E-state index < -0.39 is 0 Å². The van der Waals surface area contributed by atoms with E-state index >= 15 is 0 Å². The maximum atomic E-state index is 12.8. The third-order valence-electron chi connectivity index (χ3n) is 4.20. The molecule has 0 aromatic heterocycles. The Hall–Kier alpha value is -1.68. The van der Waals surface area contributed by atoms with Crippen LogP contribution >= 0.6 is 0 Å². The summed E-state index contributed by atoms with van der Waals surface area (Å²) in [5.41, 5.74) is 0.842. The third kappa shape index (κ3) is 2.90. The lowest BCUT2D eigenvalue weighted by Crippen LogP contribution is -2.40. The van der Waals surface area contributed by atoms with Gasteiger partial charge in [-0.15, -0.1) is 0 Å². The second-order valence-electron chi connectivity index (χ2n) is 5.59. The standard InChI is InChI=1S/C16H19FN2O/c17-14-6-3-12(4-7-14)5-8-16(20)19-10-13-2-1-9-18-15(13)11-19/h3-8,13,15,18H,1-2,9-11H2/b8-5+. The monoisotopic (exact) mass is 274 g/mol. The van der Waals surface area contributed by atoms with Crippen LogP contribution in [0.25, 0.3) is 6.08 Å². The molecule has 1 N–H and O–H groups in total. The van der Waals surface area contributed by atoms with Gasteiger partial charge in [-0.3, -0.25) is 4.79 Å². The summed E-state index contributed by atoms with van der Waals surface area (Å²) in [5.74, 6) is 0.389. The van der Waals surface area contributed by atoms with Crippen molar-refractivity contribution in [3.05, 3.63) is 41.7 Å². The number of carbonyl (C=O) groups excluding carboxylic acids is 1. The number of carbonyl (C=O) groups is 1. The first kappa shape index (κ1) is 13.3. The number of nitrogens with zero attached hydrogens (tertiary/aromatic N) is 1. The maximum Gasteiger partial charge on any atom is 0.246 e. The van der Waals surface area contributed by atoms with Crippen molar-refractivity contribution in [2.45, 2.75) is 18.9 Å². The highest BCUT2D eigenvalue weighted by Crippen LogP contribution is 2.25. The van der Waals surface area contributed by atoms with Crippen LogP contribution in [0.2, 0.25) is 0 Å². The molecular formula is C16H19FN2O. The van der Waals surface area contributed by atoms with Gasteiger partial charge in [-0.25, -0.2) is 4.39 Å². The number of fused-ring (bicyclic) bond motifs is 1. The lowest BCUT2D eigenvalue weighted by atomic mass is 9.94. The second kappa shape index (κ2) is 5.75. The number of nitrogens with one attached hydrogen (secondary N) is 1. The number of rotatable bonds is 2. The number of likely N-dealkylation sites (tertiary alicyclic amines) is 1. The van der Waals surface area contributed by atoms with Crippen molar-refractivity contribution >= 4 is 12.0 Å². The summed E-state index contributed by atoms with van der Waals surface area (Å²) in [7, 11) is 0. The number of hydrogen-bond acceptors (Lipinski definition) is 2. The van der Waals surface area contributed by atoms with Crippen molar-refractivity contribution in [1.29, 1.82) is 0 Å². The van der Waals surface area contributed by atoms with E-state index in [2.05, 4.69) is 5.32 Å². The maximum absolute atomic E-state index is 12.8. The molecule has 2 saturated heterocycles. The Morgan fingerprint density at radius 1 is 1.30 bits per heavy atom. The Balaban J connectivity index is 1.60. The molecule has 1 aromatic carbocycles. The summed E-state index contributed by atoms with van der Waals surface area (Å²) < 4.78 is 12.8. The molecule has 2 atom stereocenters. The van der Waals surface area contributed by atoms with Gasteiger partial charge in [-0.1, -0.05) is 12.1 Å². The molecule has 1 amide bonds. The molecule has 0 spiro atoms. The summed E-state index contributed by atoms with van der Waals surface area (Å²) in [5, 5.41) is 3.49. The smallest absolute Gasteiger partial charge is 0.246 e. The van der Waals surface area contributed by atoms with Crippen LogP contribution in [-0.4, -0.2) is 36.5 Å². The van der Waals surface area contributed by atoms with E-state index in [1.807, 2.05) is 4.90 Å². The Morgan fingerprint density at radius 2 is 2.10 bits per heavy atom. The summed E-state index contributed by atoms with van der Waals surface area (Å²) in [6.45, 7) is 2.72. The zero-order valence-corrected chi connectivity index (χ0v) is 11.4. The first-order valence-electron chi connectivity index (χ1n) is 7.18. The van der Waals surface area contributed by atoms with Gasteiger partial charge in [0.2, 0.25) is 5.91 Å². The van der Waals surface area contributed by atoms with Gasteiger partial charge < -0.3 is 10.2 Å². The molecule has 0 saturated carbocycles. The van der Waals surface area contributed by atoms with Crippen molar-refractivity contribution in [3.63, 3.8) is 0 Å². The van der Waals surface area contributed by atoms with E-state index in [1.165, 1.54) is 25.0 Å². The normalized spacial score (nSPS) is 25.9. The molecular weight excluding hydrogens is 255 g/mol. The van der Waals surface area contributed by atoms with Crippen LogP contribution in [0, 0.1) is 11.7 Å². The molecule has 106 valence electrons. The largest absolute Gasteiger partial charge is 0.337 e. The Labute approximate surface area is 118 Å². The zero-order valence-electron chi connectivity index (χ0n) is 11.4. The average Bonchev–Trinajstić information content (AvgIpc) is 2.90. The zero-order chi connectivity index (χ0) is 13.9. The van der Waals surface area contributed by atoms with Crippen molar-refractivity contribution in [2.75, 3.05) is 19.6 Å². The molecule has 2 fully saturated rings. The lowest BCUT2D eigenvalue weighted by molar-refractivity contribution is -0.125. The van der Waals surface area contributed by atoms with E-state index in [0.29, 0.717) is 12.0 Å². The SMILES string of the molecule is O=C(/C=C/c1ccc(F)cc1)N1CC2CCCNC2C1. The van der Waals surface area contributed by atoms with Crippen molar-refractivity contribution in [3.8, 4) is 0 Å². The molecule has 0 radical (unpaired) electrons. The van der Waals surface area contributed by atoms with Crippen LogP contribution in [0.5, 0.6) is 0 Å². The molecule has 20 heavy (non-hydrogen) atoms. The van der Waals surface area contributed by atoms with Crippen LogP contribution < -0.4 is 5.32 Å². The first-order chi connectivity index (χ1) is 9.72. The first-order valence-corrected chi connectivity index (χ1v) is 7.18. The Morgan fingerprint density at radius 3 is 2.85 bits per heavy atom. The predicted octanol–water partition coefficient (Wildman–Crippen LogP) is 2.05. The average molecular weight is 274 g/mol. The molecule has 3 rings (SSSR count). The minimum Gasteiger partial charge on any atom is -0.337 e. The minimum atomic E-state index is -0.261. The van der Waals surface area contributed by atoms with Crippen LogP contribution in [-0.2, 0) is 4.79 Å². The fourth-order valence-electron chi connectivity index (χ4n) is 3.07. The molecule has 4 heteroatoms. The highest BCUT2D eigenvalue weighted by atomic mass is 19.1. The van der Waals surface area contributed by atoms with E-state index in [9.17, 15) is 9.18 Å². The molecule has 2 aliphatic heterocycles. The fourth-order valence-corrected chi connectivity index (χ4v) is 3.07. The van der Waals surface area contributed by atoms with Crippen molar-refractivity contribution < 1.29 is 9.18 Å². The Bertz CT molecular complexity index is 498. The molecule has 2 heterocycles. The van der Waals surface area contributed by atoms with Crippen LogP contribution in [0.1, 0.15) is 18.4 Å². The number of amides is 1. The number of benzene rings is 1. The van der Waals surface area contributed by atoms with Gasteiger partial charge in [0, 0.05) is 25.2 Å². The van der Waals surface area contributed by atoms with Gasteiger partial charge in [0.05, 0.1) is 0 Å². The third-order valence-corrected chi connectivity index (χ3v) is 4.20. The van der Waals surface area contributed by atoms with Crippen LogP contribution in [0.4, 0.5) is 4.39 Å². The number of piperidine rings is 1. The summed E-state index contributed by atoms with van der Waals surface area (Å²) in [6, 6.07) is 6.61. The Kier molecular flexibility index (Phi) is 3.83. The topological polar surface area (TPSA) is 32.3 Å².